The van der Waals surface area contributed by atoms with E-state index in [1.54, 1.807) is 29.2 Å². The lowest BCUT2D eigenvalue weighted by Gasteiger charge is -2.22. The highest BCUT2D eigenvalue weighted by Crippen LogP contribution is 2.35. The van der Waals surface area contributed by atoms with Crippen molar-refractivity contribution in [2.75, 3.05) is 11.9 Å². The number of carbonyl (C=O) groups excluding carboxylic acids is 2. The zero-order valence-electron chi connectivity index (χ0n) is 15.1. The maximum Gasteiger partial charge on any atom is 0.286 e. The molecule has 4 rings (SSSR count). The lowest BCUT2D eigenvalue weighted by Crippen LogP contribution is -2.30. The van der Waals surface area contributed by atoms with Crippen LogP contribution in [0.5, 0.6) is 0 Å². The van der Waals surface area contributed by atoms with E-state index in [9.17, 15) is 14.0 Å². The number of likely N-dealkylation sites (tertiary alicyclic amines) is 1. The van der Waals surface area contributed by atoms with Crippen LogP contribution in [0, 0.1) is 5.82 Å². The second kappa shape index (κ2) is 8.26. The Balaban J connectivity index is 1.49. The third kappa shape index (κ3) is 4.28. The van der Waals surface area contributed by atoms with Gasteiger partial charge in [-0.3, -0.25) is 9.59 Å². The van der Waals surface area contributed by atoms with Gasteiger partial charge in [0.2, 0.25) is 5.01 Å². The molecule has 2 amide bonds. The molecule has 1 atom stereocenters. The van der Waals surface area contributed by atoms with Crippen LogP contribution >= 0.6 is 22.9 Å². The van der Waals surface area contributed by atoms with Crippen molar-refractivity contribution in [1.82, 2.24) is 15.1 Å². The van der Waals surface area contributed by atoms with E-state index in [1.165, 1.54) is 24.3 Å². The van der Waals surface area contributed by atoms with Gasteiger partial charge in [0.05, 0.1) is 6.04 Å². The van der Waals surface area contributed by atoms with Crippen LogP contribution in [0.2, 0.25) is 5.02 Å². The quantitative estimate of drug-likeness (QED) is 0.658. The maximum atomic E-state index is 13.0. The highest BCUT2D eigenvalue weighted by Gasteiger charge is 2.33. The topological polar surface area (TPSA) is 75.2 Å². The van der Waals surface area contributed by atoms with Crippen molar-refractivity contribution in [3.63, 3.8) is 0 Å². The van der Waals surface area contributed by atoms with Gasteiger partial charge in [-0.2, -0.15) is 0 Å². The summed E-state index contributed by atoms with van der Waals surface area (Å²) >= 11 is 7.16. The van der Waals surface area contributed by atoms with E-state index >= 15 is 0 Å². The summed E-state index contributed by atoms with van der Waals surface area (Å²) in [6, 6.07) is 12.1. The predicted molar refractivity (Wildman–Crippen MR) is 109 cm³/mol. The van der Waals surface area contributed by atoms with Gasteiger partial charge in [-0.25, -0.2) is 4.39 Å². The van der Waals surface area contributed by atoms with Gasteiger partial charge in [0.25, 0.3) is 11.8 Å². The molecular formula is C20H16ClFN4O2S. The molecule has 1 unspecified atom stereocenters. The summed E-state index contributed by atoms with van der Waals surface area (Å²) in [6.07, 6.45) is 1.59. The molecule has 2 heterocycles. The largest absolute Gasteiger partial charge is 0.329 e. The normalized spacial score (nSPS) is 16.1. The van der Waals surface area contributed by atoms with Crippen LogP contribution in [0.15, 0.2) is 48.5 Å². The first kappa shape index (κ1) is 19.5. The molecule has 1 aliphatic heterocycles. The zero-order chi connectivity index (χ0) is 20.4. The number of nitrogens with zero attached hydrogens (tertiary/aromatic N) is 3. The number of hydrogen-bond acceptors (Lipinski definition) is 5. The van der Waals surface area contributed by atoms with Crippen molar-refractivity contribution in [1.29, 1.82) is 0 Å². The molecule has 0 spiro atoms. The molecule has 29 heavy (non-hydrogen) atoms. The Morgan fingerprint density at radius 3 is 2.72 bits per heavy atom. The van der Waals surface area contributed by atoms with E-state index in [0.29, 0.717) is 27.8 Å². The van der Waals surface area contributed by atoms with Crippen LogP contribution in [0.1, 0.15) is 44.1 Å². The Morgan fingerprint density at radius 2 is 1.97 bits per heavy atom. The number of halogens is 2. The van der Waals surface area contributed by atoms with Crippen molar-refractivity contribution in [2.45, 2.75) is 18.9 Å². The summed E-state index contributed by atoms with van der Waals surface area (Å²) in [6.45, 7) is 0.604. The summed E-state index contributed by atoms with van der Waals surface area (Å²) in [5.41, 5.74) is 0.981. The van der Waals surface area contributed by atoms with Crippen LogP contribution in [-0.2, 0) is 0 Å². The molecule has 6 nitrogen and oxygen atoms in total. The molecule has 1 saturated heterocycles. The number of carbonyl (C=O) groups is 2. The minimum absolute atomic E-state index is 0.123. The Hall–Kier alpha value is -2.84. The average molecular weight is 431 g/mol. The Labute approximate surface area is 175 Å². The van der Waals surface area contributed by atoms with Crippen molar-refractivity contribution < 1.29 is 14.0 Å². The first-order valence-corrected chi connectivity index (χ1v) is 10.2. The Kier molecular flexibility index (Phi) is 5.55. The zero-order valence-corrected chi connectivity index (χ0v) is 16.7. The van der Waals surface area contributed by atoms with Crippen molar-refractivity contribution >= 4 is 40.4 Å². The Morgan fingerprint density at radius 1 is 1.17 bits per heavy atom. The van der Waals surface area contributed by atoms with Gasteiger partial charge < -0.3 is 10.2 Å². The maximum absolute atomic E-state index is 13.0. The lowest BCUT2D eigenvalue weighted by atomic mass is 10.1. The number of amides is 2. The number of hydrogen-bond donors (Lipinski definition) is 1. The van der Waals surface area contributed by atoms with Gasteiger partial charge in [0.15, 0.2) is 0 Å². The molecule has 3 aromatic rings. The van der Waals surface area contributed by atoms with Gasteiger partial charge in [0.1, 0.15) is 10.8 Å². The van der Waals surface area contributed by atoms with E-state index in [2.05, 4.69) is 15.5 Å². The minimum atomic E-state index is -0.425. The van der Waals surface area contributed by atoms with Crippen molar-refractivity contribution in [3.8, 4) is 0 Å². The molecule has 1 aliphatic rings. The van der Waals surface area contributed by atoms with E-state index in [-0.39, 0.29) is 22.8 Å². The molecule has 1 N–H and O–H groups in total. The molecule has 148 valence electrons. The molecule has 2 aromatic carbocycles. The first-order chi connectivity index (χ1) is 14.0. The van der Waals surface area contributed by atoms with E-state index in [4.69, 9.17) is 11.6 Å². The monoisotopic (exact) mass is 430 g/mol. The summed E-state index contributed by atoms with van der Waals surface area (Å²) in [4.78, 5) is 27.1. The van der Waals surface area contributed by atoms with E-state index < -0.39 is 5.91 Å². The molecule has 0 bridgehead atoms. The summed E-state index contributed by atoms with van der Waals surface area (Å²) in [5.74, 6) is -0.930. The van der Waals surface area contributed by atoms with Gasteiger partial charge in [0, 0.05) is 22.8 Å². The third-order valence-electron chi connectivity index (χ3n) is 4.61. The van der Waals surface area contributed by atoms with Gasteiger partial charge in [-0.15, -0.1) is 10.2 Å². The van der Waals surface area contributed by atoms with E-state index in [0.717, 1.165) is 24.2 Å². The molecule has 0 saturated carbocycles. The second-order valence-electron chi connectivity index (χ2n) is 6.57. The average Bonchev–Trinajstić information content (AvgIpc) is 3.38. The Bertz CT molecular complexity index is 1060. The SMILES string of the molecule is O=C(Nc1ccc(F)cc1)c1nnc(C2CCCN2C(=O)c2cccc(Cl)c2)s1. The summed E-state index contributed by atoms with van der Waals surface area (Å²) in [5, 5.41) is 12.1. The van der Waals surface area contributed by atoms with Crippen molar-refractivity contribution in [2.24, 2.45) is 0 Å². The van der Waals surface area contributed by atoms with Crippen LogP contribution in [0.4, 0.5) is 10.1 Å². The van der Waals surface area contributed by atoms with Crippen molar-refractivity contribution in [3.05, 3.63) is 74.9 Å². The van der Waals surface area contributed by atoms with Gasteiger partial charge in [-0.05, 0) is 55.3 Å². The molecule has 0 aliphatic carbocycles. The fraction of sp³-hybridized carbons (Fsp3) is 0.200. The second-order valence-corrected chi connectivity index (χ2v) is 8.02. The third-order valence-corrected chi connectivity index (χ3v) is 5.87. The number of anilines is 1. The summed E-state index contributed by atoms with van der Waals surface area (Å²) in [7, 11) is 0. The summed E-state index contributed by atoms with van der Waals surface area (Å²) < 4.78 is 13.0. The molecular weight excluding hydrogens is 415 g/mol. The fourth-order valence-electron chi connectivity index (χ4n) is 3.23. The van der Waals surface area contributed by atoms with Crippen LogP contribution in [0.3, 0.4) is 0 Å². The lowest BCUT2D eigenvalue weighted by molar-refractivity contribution is 0.0735. The highest BCUT2D eigenvalue weighted by atomic mass is 35.5. The van der Waals surface area contributed by atoms with Crippen LogP contribution in [0.25, 0.3) is 0 Å². The van der Waals surface area contributed by atoms with E-state index in [1.807, 2.05) is 0 Å². The number of benzene rings is 2. The van der Waals surface area contributed by atoms with Gasteiger partial charge in [-0.1, -0.05) is 29.0 Å². The molecule has 1 aromatic heterocycles. The number of nitrogens with one attached hydrogen (secondary N) is 1. The standard InChI is InChI=1S/C20H16ClFN4O2S/c21-13-4-1-3-12(11-13)20(28)26-10-2-5-16(26)18-24-25-19(29-18)17(27)23-15-8-6-14(22)7-9-15/h1,3-4,6-9,11,16H,2,5,10H2,(H,23,27). The predicted octanol–water partition coefficient (Wildman–Crippen LogP) is 4.56. The van der Waals surface area contributed by atoms with Crippen LogP contribution in [-0.4, -0.2) is 33.5 Å². The molecule has 9 heteroatoms. The van der Waals surface area contributed by atoms with Gasteiger partial charge >= 0.3 is 0 Å². The molecule has 0 radical (unpaired) electrons. The first-order valence-electron chi connectivity index (χ1n) is 8.98. The highest BCUT2D eigenvalue weighted by molar-refractivity contribution is 7.13. The number of rotatable bonds is 4. The minimum Gasteiger partial charge on any atom is -0.329 e. The smallest absolute Gasteiger partial charge is 0.286 e. The number of aromatic nitrogens is 2. The molecule has 1 fully saturated rings. The fourth-order valence-corrected chi connectivity index (χ4v) is 4.31. The van der Waals surface area contributed by atoms with Crippen LogP contribution < -0.4 is 5.32 Å².